The van der Waals surface area contributed by atoms with Crippen molar-refractivity contribution in [2.75, 3.05) is 5.32 Å². The van der Waals surface area contributed by atoms with Crippen molar-refractivity contribution in [2.24, 2.45) is 0 Å². The lowest BCUT2D eigenvalue weighted by atomic mass is 10.2. The molecule has 0 radical (unpaired) electrons. The minimum atomic E-state index is -0.315. The molecule has 1 amide bonds. The van der Waals surface area contributed by atoms with Gasteiger partial charge in [0.25, 0.3) is 11.5 Å². The van der Waals surface area contributed by atoms with Gasteiger partial charge in [-0.25, -0.2) is 0 Å². The summed E-state index contributed by atoms with van der Waals surface area (Å²) >= 11 is 1.18. The Hall–Kier alpha value is -3.12. The van der Waals surface area contributed by atoms with E-state index in [2.05, 4.69) is 10.3 Å². The van der Waals surface area contributed by atoms with Crippen LogP contribution in [0.3, 0.4) is 0 Å². The van der Waals surface area contributed by atoms with Crippen LogP contribution in [0.15, 0.2) is 53.3 Å². The zero-order valence-electron chi connectivity index (χ0n) is 13.4. The molecule has 0 aliphatic rings. The Morgan fingerprint density at radius 2 is 1.96 bits per heavy atom. The number of aryl methyl sites for hydroxylation is 1. The first-order chi connectivity index (χ1) is 12.0. The Labute approximate surface area is 147 Å². The number of H-pyrrole nitrogens is 1. The molecule has 3 N–H and O–H groups in total. The number of nitrogens with one attached hydrogen (secondary N) is 2. The highest BCUT2D eigenvalue weighted by atomic mass is 32.1. The SMILES string of the molecule is Cc1ccc(NC(=O)/C=c2\[nH]c(=O)/c(=C\c3cccc(O)c3)s2)cc1. The van der Waals surface area contributed by atoms with Gasteiger partial charge in [-0.05, 0) is 42.8 Å². The summed E-state index contributed by atoms with van der Waals surface area (Å²) in [5, 5.41) is 12.2. The molecule has 25 heavy (non-hydrogen) atoms. The molecule has 3 rings (SSSR count). The standard InChI is InChI=1S/C19H16N2O3S/c1-12-5-7-14(8-6-12)20-17(23)11-18-21-19(24)16(25-18)10-13-3-2-4-15(22)9-13/h2-11,22H,1H3,(H,20,23)(H,21,24)/b16-10+,18-11+. The van der Waals surface area contributed by atoms with Crippen LogP contribution in [0.1, 0.15) is 11.1 Å². The van der Waals surface area contributed by atoms with Crippen molar-refractivity contribution in [1.29, 1.82) is 0 Å². The number of rotatable bonds is 3. The first kappa shape index (κ1) is 16.7. The zero-order valence-corrected chi connectivity index (χ0v) is 14.3. The normalized spacial score (nSPS) is 12.4. The molecule has 0 bridgehead atoms. The monoisotopic (exact) mass is 352 g/mol. The van der Waals surface area contributed by atoms with Crippen LogP contribution in [0.2, 0.25) is 0 Å². The summed E-state index contributed by atoms with van der Waals surface area (Å²) in [6, 6.07) is 14.1. The van der Waals surface area contributed by atoms with Crippen LogP contribution in [0.5, 0.6) is 5.75 Å². The van der Waals surface area contributed by atoms with Crippen molar-refractivity contribution in [3.63, 3.8) is 0 Å². The van der Waals surface area contributed by atoms with Crippen LogP contribution >= 0.6 is 11.3 Å². The first-order valence-corrected chi connectivity index (χ1v) is 8.40. The summed E-state index contributed by atoms with van der Waals surface area (Å²) in [5.74, 6) is -0.184. The third-order valence-electron chi connectivity index (χ3n) is 3.43. The fraction of sp³-hybridized carbons (Fsp3) is 0.0526. The highest BCUT2D eigenvalue weighted by Crippen LogP contribution is 2.11. The molecule has 0 atom stereocenters. The molecular weight excluding hydrogens is 336 g/mol. The van der Waals surface area contributed by atoms with Crippen LogP contribution < -0.4 is 20.1 Å². The van der Waals surface area contributed by atoms with Crippen molar-refractivity contribution in [1.82, 2.24) is 4.98 Å². The highest BCUT2D eigenvalue weighted by Gasteiger charge is 2.01. The number of phenols is 1. The topological polar surface area (TPSA) is 82.2 Å². The molecule has 126 valence electrons. The largest absolute Gasteiger partial charge is 0.508 e. The average Bonchev–Trinajstić information content (AvgIpc) is 2.89. The van der Waals surface area contributed by atoms with Crippen LogP contribution in [-0.2, 0) is 4.79 Å². The lowest BCUT2D eigenvalue weighted by molar-refractivity contribution is -0.110. The second kappa shape index (κ2) is 7.19. The summed E-state index contributed by atoms with van der Waals surface area (Å²) in [4.78, 5) is 26.7. The van der Waals surface area contributed by atoms with Gasteiger partial charge in [0, 0.05) is 11.8 Å². The predicted molar refractivity (Wildman–Crippen MR) is 100 cm³/mol. The fourth-order valence-electron chi connectivity index (χ4n) is 2.22. The first-order valence-electron chi connectivity index (χ1n) is 7.59. The maximum absolute atomic E-state index is 12.1. The smallest absolute Gasteiger partial charge is 0.266 e. The fourth-order valence-corrected chi connectivity index (χ4v) is 3.11. The molecule has 0 aliphatic carbocycles. The van der Waals surface area contributed by atoms with Crippen LogP contribution in [0.25, 0.3) is 12.2 Å². The Morgan fingerprint density at radius 1 is 1.20 bits per heavy atom. The minimum Gasteiger partial charge on any atom is -0.508 e. The van der Waals surface area contributed by atoms with Crippen molar-refractivity contribution in [3.05, 3.63) is 79.2 Å². The summed E-state index contributed by atoms with van der Waals surface area (Å²) in [6.07, 6.45) is 3.02. The number of thiazole rings is 1. The Balaban J connectivity index is 1.86. The molecule has 0 saturated carbocycles. The Morgan fingerprint density at radius 3 is 2.68 bits per heavy atom. The van der Waals surface area contributed by atoms with Gasteiger partial charge in [-0.15, -0.1) is 11.3 Å². The van der Waals surface area contributed by atoms with Gasteiger partial charge in [-0.3, -0.25) is 9.59 Å². The van der Waals surface area contributed by atoms with Crippen LogP contribution in [0.4, 0.5) is 5.69 Å². The van der Waals surface area contributed by atoms with Gasteiger partial charge < -0.3 is 15.4 Å². The second-order valence-corrected chi connectivity index (χ2v) is 6.61. The number of benzene rings is 2. The van der Waals surface area contributed by atoms with Crippen molar-refractivity contribution >= 4 is 35.1 Å². The number of aromatic amines is 1. The molecule has 3 aromatic rings. The third kappa shape index (κ3) is 4.45. The Kier molecular flexibility index (Phi) is 4.81. The second-order valence-electron chi connectivity index (χ2n) is 5.52. The van der Waals surface area contributed by atoms with Crippen molar-refractivity contribution in [3.8, 4) is 5.75 Å². The van der Waals surface area contributed by atoms with Crippen LogP contribution in [0, 0.1) is 6.92 Å². The number of aromatic nitrogens is 1. The van der Waals surface area contributed by atoms with E-state index in [1.165, 1.54) is 17.4 Å². The van der Waals surface area contributed by atoms with Gasteiger partial charge in [0.05, 0.1) is 4.53 Å². The number of anilines is 1. The van der Waals surface area contributed by atoms with Crippen molar-refractivity contribution < 1.29 is 9.90 Å². The Bertz CT molecular complexity index is 1080. The third-order valence-corrected chi connectivity index (χ3v) is 4.39. The van der Waals surface area contributed by atoms with E-state index in [9.17, 15) is 14.7 Å². The molecule has 1 heterocycles. The molecular formula is C19H16N2O3S. The summed E-state index contributed by atoms with van der Waals surface area (Å²) < 4.78 is 0.918. The summed E-state index contributed by atoms with van der Waals surface area (Å²) in [7, 11) is 0. The number of amides is 1. The van der Waals surface area contributed by atoms with E-state index >= 15 is 0 Å². The summed E-state index contributed by atoms with van der Waals surface area (Å²) in [5.41, 5.74) is 2.24. The number of hydrogen-bond acceptors (Lipinski definition) is 4. The molecule has 0 aliphatic heterocycles. The van der Waals surface area contributed by atoms with E-state index < -0.39 is 0 Å². The van der Waals surface area contributed by atoms with E-state index in [4.69, 9.17) is 0 Å². The van der Waals surface area contributed by atoms with E-state index in [1.54, 1.807) is 30.3 Å². The van der Waals surface area contributed by atoms with Gasteiger partial charge >= 0.3 is 0 Å². The van der Waals surface area contributed by atoms with E-state index in [1.807, 2.05) is 31.2 Å². The number of carbonyl (C=O) groups is 1. The molecule has 6 heteroatoms. The highest BCUT2D eigenvalue weighted by molar-refractivity contribution is 7.07. The van der Waals surface area contributed by atoms with Gasteiger partial charge in [-0.1, -0.05) is 29.8 Å². The molecule has 2 aromatic carbocycles. The summed E-state index contributed by atoms with van der Waals surface area (Å²) in [6.45, 7) is 1.97. The minimum absolute atomic E-state index is 0.131. The number of aromatic hydroxyl groups is 1. The number of hydrogen-bond donors (Lipinski definition) is 3. The van der Waals surface area contributed by atoms with E-state index in [-0.39, 0.29) is 17.2 Å². The predicted octanol–water partition coefficient (Wildman–Crippen LogP) is 1.70. The number of carbonyl (C=O) groups excluding carboxylic acids is 1. The quantitative estimate of drug-likeness (QED) is 0.671. The van der Waals surface area contributed by atoms with Gasteiger partial charge in [0.2, 0.25) is 0 Å². The van der Waals surface area contributed by atoms with Crippen LogP contribution in [-0.4, -0.2) is 16.0 Å². The molecule has 0 spiro atoms. The van der Waals surface area contributed by atoms with Crippen molar-refractivity contribution in [2.45, 2.75) is 6.92 Å². The molecule has 0 saturated heterocycles. The molecule has 0 unspecified atom stereocenters. The van der Waals surface area contributed by atoms with Gasteiger partial charge in [0.15, 0.2) is 0 Å². The van der Waals surface area contributed by atoms with E-state index in [0.717, 1.165) is 5.56 Å². The average molecular weight is 352 g/mol. The lowest BCUT2D eigenvalue weighted by Crippen LogP contribution is -2.20. The molecule has 0 fully saturated rings. The molecule has 1 aromatic heterocycles. The van der Waals surface area contributed by atoms with E-state index in [0.29, 0.717) is 20.4 Å². The maximum atomic E-state index is 12.1. The van der Waals surface area contributed by atoms with Gasteiger partial charge in [0.1, 0.15) is 10.4 Å². The molecule has 5 nitrogen and oxygen atoms in total. The lowest BCUT2D eigenvalue weighted by Gasteiger charge is -2.01. The zero-order chi connectivity index (χ0) is 17.8. The number of phenolic OH excluding ortho intramolecular Hbond substituents is 1. The van der Waals surface area contributed by atoms with Gasteiger partial charge in [-0.2, -0.15) is 0 Å². The maximum Gasteiger partial charge on any atom is 0.266 e.